The molecule has 0 radical (unpaired) electrons. The van der Waals surface area contributed by atoms with Gasteiger partial charge in [-0.05, 0) is 39.0 Å². The molecule has 5 rings (SSSR count). The van der Waals surface area contributed by atoms with Crippen LogP contribution in [0.5, 0.6) is 11.6 Å². The number of halogens is 1. The van der Waals surface area contributed by atoms with Gasteiger partial charge in [0.25, 0.3) is 0 Å². The molecule has 1 N–H and O–H groups in total. The third-order valence-corrected chi connectivity index (χ3v) is 7.71. The minimum Gasteiger partial charge on any atom is -0.496 e. The van der Waals surface area contributed by atoms with Gasteiger partial charge in [-0.2, -0.15) is 0 Å². The van der Waals surface area contributed by atoms with Crippen LogP contribution in [0.4, 0.5) is 9.18 Å². The fourth-order valence-corrected chi connectivity index (χ4v) is 5.85. The quantitative estimate of drug-likeness (QED) is 0.668. The van der Waals surface area contributed by atoms with Gasteiger partial charge in [-0.25, -0.2) is 27.3 Å². The molecule has 4 bridgehead atoms. The van der Waals surface area contributed by atoms with Gasteiger partial charge in [0.1, 0.15) is 19.0 Å². The Kier molecular flexibility index (Phi) is 7.78. The monoisotopic (exact) mass is 501 g/mol. The molecule has 1 aromatic heterocycles. The second kappa shape index (κ2) is 10.6. The number of pyridine rings is 1. The second-order valence-corrected chi connectivity index (χ2v) is 10.7. The summed E-state index contributed by atoms with van der Waals surface area (Å²) in [6.45, 7) is 2.02. The maximum atomic E-state index is 13.0. The molecule has 1 saturated carbocycles. The summed E-state index contributed by atoms with van der Waals surface area (Å²) in [4.78, 5) is 19.0. The summed E-state index contributed by atoms with van der Waals surface area (Å²) >= 11 is 0. The van der Waals surface area contributed by atoms with Crippen LogP contribution in [0.25, 0.3) is 0 Å². The Labute approximate surface area is 199 Å². The Morgan fingerprint density at radius 2 is 1.94 bits per heavy atom. The number of hydrogen-bond acceptors (Lipinski definition) is 8. The molecule has 3 unspecified atom stereocenters. The summed E-state index contributed by atoms with van der Waals surface area (Å²) in [5.74, 6) is 1.31. The van der Waals surface area contributed by atoms with Gasteiger partial charge < -0.3 is 18.9 Å². The normalized spacial score (nSPS) is 30.4. The van der Waals surface area contributed by atoms with Gasteiger partial charge in [0.05, 0.1) is 31.6 Å². The van der Waals surface area contributed by atoms with Crippen LogP contribution >= 0.6 is 0 Å². The smallest absolute Gasteiger partial charge is 0.410 e. The summed E-state index contributed by atoms with van der Waals surface area (Å²) in [6, 6.07) is 0.521. The van der Waals surface area contributed by atoms with Crippen LogP contribution in [0.1, 0.15) is 50.6 Å². The lowest BCUT2D eigenvalue weighted by molar-refractivity contribution is -0.0118. The van der Waals surface area contributed by atoms with Crippen molar-refractivity contribution in [1.82, 2.24) is 14.6 Å². The van der Waals surface area contributed by atoms with Gasteiger partial charge in [-0.3, -0.25) is 4.90 Å². The number of ether oxygens (including phenoxy) is 4. The number of nitrogens with one attached hydrogen (secondary N) is 1. The van der Waals surface area contributed by atoms with Crippen LogP contribution in [0.15, 0.2) is 12.1 Å². The predicted molar refractivity (Wildman–Crippen MR) is 120 cm³/mol. The fourth-order valence-electron chi connectivity index (χ4n) is 5.07. The van der Waals surface area contributed by atoms with Gasteiger partial charge in [-0.1, -0.05) is 0 Å². The second-order valence-electron chi connectivity index (χ2n) is 9.05. The standard InChI is InChI=1S/C22H32FN3O7S/c1-14-9-19(25-34(28,29)13-23)20-12-33-16-5-3-15(4-6-16)18-10-17(30-2)11-21(24-18)31-7-8-32-22(27)26(14)20/h10-11,14-16,19-20,25H,3-9,12-13H2,1-2H3. The predicted octanol–water partition coefficient (Wildman–Crippen LogP) is 2.34. The summed E-state index contributed by atoms with van der Waals surface area (Å²) in [5.41, 5.74) is 0.897. The third kappa shape index (κ3) is 5.72. The molecule has 2 fully saturated rings. The van der Waals surface area contributed by atoms with Gasteiger partial charge >= 0.3 is 6.09 Å². The highest BCUT2D eigenvalue weighted by atomic mass is 32.2. The summed E-state index contributed by atoms with van der Waals surface area (Å²) in [6.07, 6.45) is 3.05. The third-order valence-electron chi connectivity index (χ3n) is 6.76. The topological polar surface area (TPSA) is 116 Å². The molecule has 1 aromatic rings. The molecule has 3 aliphatic heterocycles. The number of carbonyl (C=O) groups is 1. The van der Waals surface area contributed by atoms with Crippen LogP contribution in [-0.2, 0) is 19.5 Å². The van der Waals surface area contributed by atoms with E-state index < -0.39 is 34.2 Å². The molecule has 34 heavy (non-hydrogen) atoms. The largest absolute Gasteiger partial charge is 0.496 e. The zero-order valence-electron chi connectivity index (χ0n) is 19.4. The Balaban J connectivity index is 1.55. The minimum atomic E-state index is -4.10. The number of sulfonamides is 1. The molecule has 4 heterocycles. The maximum absolute atomic E-state index is 13.0. The molecule has 4 aliphatic rings. The first kappa shape index (κ1) is 24.9. The molecule has 1 amide bonds. The van der Waals surface area contributed by atoms with Crippen molar-refractivity contribution in [3.63, 3.8) is 0 Å². The van der Waals surface area contributed by atoms with Crippen LogP contribution < -0.4 is 14.2 Å². The van der Waals surface area contributed by atoms with Crippen molar-refractivity contribution < 1.29 is 36.6 Å². The van der Waals surface area contributed by atoms with Crippen molar-refractivity contribution in [1.29, 1.82) is 0 Å². The van der Waals surface area contributed by atoms with Crippen molar-refractivity contribution in [3.8, 4) is 11.6 Å². The highest BCUT2D eigenvalue weighted by Crippen LogP contribution is 2.36. The van der Waals surface area contributed by atoms with Crippen molar-refractivity contribution in [2.75, 3.05) is 32.9 Å². The summed E-state index contributed by atoms with van der Waals surface area (Å²) in [7, 11) is -2.50. The fraction of sp³-hybridized carbons (Fsp3) is 0.727. The van der Waals surface area contributed by atoms with E-state index in [0.29, 0.717) is 18.1 Å². The molecule has 1 saturated heterocycles. The number of alkyl halides is 1. The molecular weight excluding hydrogens is 469 g/mol. The Bertz CT molecular complexity index is 971. The number of nitrogens with zero attached hydrogens (tertiary/aromatic N) is 2. The molecule has 190 valence electrons. The zero-order valence-corrected chi connectivity index (χ0v) is 20.3. The van der Waals surface area contributed by atoms with Crippen LogP contribution in [0, 0.1) is 0 Å². The average molecular weight is 502 g/mol. The number of hydrogen-bond donors (Lipinski definition) is 1. The van der Waals surface area contributed by atoms with E-state index in [9.17, 15) is 17.6 Å². The Morgan fingerprint density at radius 1 is 1.21 bits per heavy atom. The van der Waals surface area contributed by atoms with Gasteiger partial charge in [-0.15, -0.1) is 0 Å². The molecule has 0 aromatic carbocycles. The SMILES string of the molecule is COc1cc2nc(c1)C1CCC(CC1)OCC1C(NS(=O)(=O)CF)CC(C)N1C(=O)OCCO2. The van der Waals surface area contributed by atoms with Crippen molar-refractivity contribution in [2.24, 2.45) is 0 Å². The lowest BCUT2D eigenvalue weighted by Gasteiger charge is -2.33. The van der Waals surface area contributed by atoms with Crippen molar-refractivity contribution >= 4 is 16.1 Å². The van der Waals surface area contributed by atoms with Crippen molar-refractivity contribution in [3.05, 3.63) is 17.8 Å². The number of carbonyl (C=O) groups excluding carboxylic acids is 1. The van der Waals surface area contributed by atoms with E-state index in [1.165, 1.54) is 4.90 Å². The van der Waals surface area contributed by atoms with E-state index in [2.05, 4.69) is 9.71 Å². The first-order valence-electron chi connectivity index (χ1n) is 11.6. The van der Waals surface area contributed by atoms with Gasteiger partial charge in [0.2, 0.25) is 21.9 Å². The van der Waals surface area contributed by atoms with Crippen LogP contribution in [-0.4, -0.2) is 81.6 Å². The summed E-state index contributed by atoms with van der Waals surface area (Å²) in [5, 5.41) is 0. The number of methoxy groups -OCH3 is 1. The number of amides is 1. The van der Waals surface area contributed by atoms with E-state index in [1.807, 2.05) is 6.07 Å². The van der Waals surface area contributed by atoms with E-state index in [-0.39, 0.29) is 37.9 Å². The lowest BCUT2D eigenvalue weighted by Crippen LogP contribution is -2.51. The maximum Gasteiger partial charge on any atom is 0.410 e. The molecule has 0 spiro atoms. The van der Waals surface area contributed by atoms with E-state index in [0.717, 1.165) is 31.4 Å². The molecule has 1 aliphatic carbocycles. The van der Waals surface area contributed by atoms with E-state index in [1.54, 1.807) is 20.1 Å². The number of fused-ring (bicyclic) bond motifs is 7. The highest BCUT2D eigenvalue weighted by molar-refractivity contribution is 7.89. The Morgan fingerprint density at radius 3 is 2.65 bits per heavy atom. The number of rotatable bonds is 4. The van der Waals surface area contributed by atoms with Gasteiger partial charge in [0, 0.05) is 30.1 Å². The average Bonchev–Trinajstić information content (AvgIpc) is 3.13. The Hall–Kier alpha value is -2.18. The first-order valence-corrected chi connectivity index (χ1v) is 13.3. The van der Waals surface area contributed by atoms with E-state index in [4.69, 9.17) is 18.9 Å². The van der Waals surface area contributed by atoms with E-state index >= 15 is 0 Å². The van der Waals surface area contributed by atoms with Gasteiger partial charge in [0.15, 0.2) is 0 Å². The zero-order chi connectivity index (χ0) is 24.3. The van der Waals surface area contributed by atoms with Crippen molar-refractivity contribution in [2.45, 2.75) is 69.2 Å². The summed E-state index contributed by atoms with van der Waals surface area (Å²) < 4.78 is 61.9. The first-order chi connectivity index (χ1) is 16.3. The molecule has 3 atom stereocenters. The molecule has 12 heteroatoms. The van der Waals surface area contributed by atoms with Crippen LogP contribution in [0.2, 0.25) is 0 Å². The van der Waals surface area contributed by atoms with Crippen LogP contribution in [0.3, 0.4) is 0 Å². The molecular formula is C22H32FN3O7S. The number of aromatic nitrogens is 1. The highest BCUT2D eigenvalue weighted by Gasteiger charge is 2.44. The minimum absolute atomic E-state index is 0.0171. The lowest BCUT2D eigenvalue weighted by atomic mass is 9.85. The molecule has 10 nitrogen and oxygen atoms in total.